The van der Waals surface area contributed by atoms with Crippen molar-refractivity contribution in [2.75, 3.05) is 13.2 Å². The second-order valence-corrected chi connectivity index (χ2v) is 4.15. The number of halogens is 1. The Morgan fingerprint density at radius 1 is 1.24 bits per heavy atom. The van der Waals surface area contributed by atoms with Gasteiger partial charge in [-0.3, -0.25) is 0 Å². The van der Waals surface area contributed by atoms with Crippen molar-refractivity contribution < 1.29 is 9.47 Å². The van der Waals surface area contributed by atoms with E-state index in [-0.39, 0.29) is 0 Å². The van der Waals surface area contributed by atoms with Crippen molar-refractivity contribution in [2.45, 2.75) is 33.2 Å². The lowest BCUT2D eigenvalue weighted by Crippen LogP contribution is -2.04. The number of ether oxygens (including phenoxy) is 2. The molecule has 1 aromatic rings. The Balaban J connectivity index is 2.90. The molecule has 2 N–H and O–H groups in total. The second-order valence-electron chi connectivity index (χ2n) is 3.74. The van der Waals surface area contributed by atoms with Crippen LogP contribution in [-0.2, 0) is 6.54 Å². The van der Waals surface area contributed by atoms with Gasteiger partial charge in [-0.1, -0.05) is 24.9 Å². The first-order valence-corrected chi connectivity index (χ1v) is 6.38. The van der Waals surface area contributed by atoms with Gasteiger partial charge in [0, 0.05) is 6.54 Å². The van der Waals surface area contributed by atoms with E-state index in [1.807, 2.05) is 19.1 Å². The van der Waals surface area contributed by atoms with Gasteiger partial charge in [-0.15, -0.1) is 0 Å². The van der Waals surface area contributed by atoms with Crippen molar-refractivity contribution in [1.29, 1.82) is 0 Å². The summed E-state index contributed by atoms with van der Waals surface area (Å²) in [6, 6.07) is 3.71. The third-order valence-corrected chi connectivity index (χ3v) is 2.63. The zero-order chi connectivity index (χ0) is 12.7. The highest BCUT2D eigenvalue weighted by Crippen LogP contribution is 2.36. The Labute approximate surface area is 108 Å². The molecule has 0 saturated carbocycles. The molecule has 0 unspecified atom stereocenters. The van der Waals surface area contributed by atoms with Gasteiger partial charge in [-0.2, -0.15) is 0 Å². The van der Waals surface area contributed by atoms with Gasteiger partial charge in [-0.05, 0) is 31.0 Å². The molecule has 1 rings (SSSR count). The van der Waals surface area contributed by atoms with Gasteiger partial charge >= 0.3 is 0 Å². The summed E-state index contributed by atoms with van der Waals surface area (Å²) in [5.74, 6) is 1.30. The molecule has 0 fully saturated rings. The van der Waals surface area contributed by atoms with E-state index in [1.165, 1.54) is 0 Å². The normalized spacial score (nSPS) is 10.4. The Bertz CT molecular complexity index is 356. The topological polar surface area (TPSA) is 44.5 Å². The summed E-state index contributed by atoms with van der Waals surface area (Å²) in [5, 5.41) is 0.563. The number of benzene rings is 1. The maximum absolute atomic E-state index is 6.17. The lowest BCUT2D eigenvalue weighted by Gasteiger charge is -2.14. The third kappa shape index (κ3) is 4.10. The lowest BCUT2D eigenvalue weighted by molar-refractivity contribution is 0.272. The summed E-state index contributed by atoms with van der Waals surface area (Å²) >= 11 is 6.17. The molecular weight excluding hydrogens is 238 g/mol. The Hall–Kier alpha value is -0.930. The van der Waals surface area contributed by atoms with Crippen molar-refractivity contribution in [3.63, 3.8) is 0 Å². The van der Waals surface area contributed by atoms with Crippen molar-refractivity contribution in [2.24, 2.45) is 5.73 Å². The molecule has 0 aliphatic carbocycles. The first-order valence-electron chi connectivity index (χ1n) is 6.01. The predicted octanol–water partition coefficient (Wildman–Crippen LogP) is 3.38. The van der Waals surface area contributed by atoms with E-state index in [0.717, 1.165) is 18.4 Å². The van der Waals surface area contributed by atoms with Crippen molar-refractivity contribution in [3.8, 4) is 11.5 Å². The van der Waals surface area contributed by atoms with E-state index < -0.39 is 0 Å². The van der Waals surface area contributed by atoms with E-state index in [2.05, 4.69) is 6.92 Å². The van der Waals surface area contributed by atoms with Crippen LogP contribution < -0.4 is 15.2 Å². The van der Waals surface area contributed by atoms with E-state index in [1.54, 1.807) is 0 Å². The van der Waals surface area contributed by atoms with Gasteiger partial charge in [0.2, 0.25) is 0 Å². The fraction of sp³-hybridized carbons (Fsp3) is 0.538. The van der Waals surface area contributed by atoms with E-state index in [0.29, 0.717) is 36.3 Å². The molecule has 0 radical (unpaired) electrons. The summed E-state index contributed by atoms with van der Waals surface area (Å²) in [5.41, 5.74) is 6.55. The average molecular weight is 258 g/mol. The number of nitrogens with two attached hydrogens (primary N) is 1. The summed E-state index contributed by atoms with van der Waals surface area (Å²) in [4.78, 5) is 0. The molecule has 96 valence electrons. The molecule has 0 bridgehead atoms. The number of rotatable bonds is 7. The minimum Gasteiger partial charge on any atom is -0.490 e. The SMILES string of the molecule is CCCCOc1c(Cl)cc(CN)cc1OCC. The largest absolute Gasteiger partial charge is 0.490 e. The number of unbranched alkanes of at least 4 members (excludes halogenated alkanes) is 1. The fourth-order valence-corrected chi connectivity index (χ4v) is 1.75. The van der Waals surface area contributed by atoms with Crippen LogP contribution >= 0.6 is 11.6 Å². The molecule has 0 aromatic heterocycles. The number of hydrogen-bond acceptors (Lipinski definition) is 3. The number of hydrogen-bond donors (Lipinski definition) is 1. The summed E-state index contributed by atoms with van der Waals surface area (Å²) in [6.45, 7) is 5.71. The molecule has 0 amide bonds. The summed E-state index contributed by atoms with van der Waals surface area (Å²) in [7, 11) is 0. The van der Waals surface area contributed by atoms with Crippen molar-refractivity contribution in [3.05, 3.63) is 22.7 Å². The van der Waals surface area contributed by atoms with Gasteiger partial charge < -0.3 is 15.2 Å². The second kappa shape index (κ2) is 7.41. The van der Waals surface area contributed by atoms with Gasteiger partial charge in [0.25, 0.3) is 0 Å². The molecule has 1 aromatic carbocycles. The van der Waals surface area contributed by atoms with Crippen LogP contribution in [0.2, 0.25) is 5.02 Å². The monoisotopic (exact) mass is 257 g/mol. The fourth-order valence-electron chi connectivity index (χ4n) is 1.46. The maximum Gasteiger partial charge on any atom is 0.179 e. The Morgan fingerprint density at radius 3 is 2.59 bits per heavy atom. The minimum atomic E-state index is 0.440. The van der Waals surface area contributed by atoms with E-state index >= 15 is 0 Å². The standard InChI is InChI=1S/C13H20ClNO2/c1-3-5-6-17-13-11(14)7-10(9-15)8-12(13)16-4-2/h7-8H,3-6,9,15H2,1-2H3. The molecule has 0 heterocycles. The summed E-state index contributed by atoms with van der Waals surface area (Å²) in [6.07, 6.45) is 2.09. The first kappa shape index (κ1) is 14.1. The Kier molecular flexibility index (Phi) is 6.16. The smallest absolute Gasteiger partial charge is 0.179 e. The quantitative estimate of drug-likeness (QED) is 0.762. The zero-order valence-corrected chi connectivity index (χ0v) is 11.2. The highest BCUT2D eigenvalue weighted by atomic mass is 35.5. The average Bonchev–Trinajstić information content (AvgIpc) is 2.32. The van der Waals surface area contributed by atoms with Gasteiger partial charge in [0.1, 0.15) is 0 Å². The van der Waals surface area contributed by atoms with Crippen molar-refractivity contribution in [1.82, 2.24) is 0 Å². The van der Waals surface area contributed by atoms with Crippen LogP contribution in [0.5, 0.6) is 11.5 Å². The highest BCUT2D eigenvalue weighted by molar-refractivity contribution is 6.32. The van der Waals surface area contributed by atoms with Gasteiger partial charge in [0.15, 0.2) is 11.5 Å². The van der Waals surface area contributed by atoms with Gasteiger partial charge in [0.05, 0.1) is 18.2 Å². The minimum absolute atomic E-state index is 0.440. The Morgan fingerprint density at radius 2 is 2.00 bits per heavy atom. The van der Waals surface area contributed by atoms with Crippen molar-refractivity contribution >= 4 is 11.6 Å². The predicted molar refractivity (Wildman–Crippen MR) is 70.9 cm³/mol. The first-order chi connectivity index (χ1) is 8.22. The van der Waals surface area contributed by atoms with Crippen LogP contribution in [0.15, 0.2) is 12.1 Å². The molecule has 0 atom stereocenters. The highest BCUT2D eigenvalue weighted by Gasteiger charge is 2.11. The van der Waals surface area contributed by atoms with Crippen LogP contribution in [0.4, 0.5) is 0 Å². The van der Waals surface area contributed by atoms with Crippen LogP contribution in [-0.4, -0.2) is 13.2 Å². The van der Waals surface area contributed by atoms with Gasteiger partial charge in [-0.25, -0.2) is 0 Å². The molecule has 3 nitrogen and oxygen atoms in total. The molecule has 4 heteroatoms. The van der Waals surface area contributed by atoms with Crippen LogP contribution in [0.3, 0.4) is 0 Å². The zero-order valence-electron chi connectivity index (χ0n) is 10.5. The molecular formula is C13H20ClNO2. The van der Waals surface area contributed by atoms with Crippen LogP contribution in [0.25, 0.3) is 0 Å². The van der Waals surface area contributed by atoms with E-state index in [4.69, 9.17) is 26.8 Å². The maximum atomic E-state index is 6.17. The lowest BCUT2D eigenvalue weighted by atomic mass is 10.2. The van der Waals surface area contributed by atoms with E-state index in [9.17, 15) is 0 Å². The molecule has 17 heavy (non-hydrogen) atoms. The molecule has 0 aliphatic rings. The van der Waals surface area contributed by atoms with Crippen LogP contribution in [0.1, 0.15) is 32.3 Å². The third-order valence-electron chi connectivity index (χ3n) is 2.35. The molecule has 0 saturated heterocycles. The molecule has 0 aliphatic heterocycles. The molecule has 0 spiro atoms. The van der Waals surface area contributed by atoms with Crippen LogP contribution in [0, 0.1) is 0 Å². The summed E-state index contributed by atoms with van der Waals surface area (Å²) < 4.78 is 11.2.